The van der Waals surface area contributed by atoms with Gasteiger partial charge >= 0.3 is 0 Å². The Bertz CT molecular complexity index is 1260. The van der Waals surface area contributed by atoms with Crippen molar-refractivity contribution in [1.82, 2.24) is 24.9 Å². The fraction of sp³-hybridized carbons (Fsp3) is 0.130. The normalized spacial score (nSPS) is 11.1. The average molecular weight is 430 g/mol. The average Bonchev–Trinajstić information content (AvgIpc) is 3.59. The SMILES string of the molecule is CCc1ccc(-c2noc(CSc3nnc(-c4ccco4)n3-c3ccccc3)n2)cc1. The molecule has 0 spiro atoms. The van der Waals surface area contributed by atoms with Gasteiger partial charge in [0.05, 0.1) is 12.0 Å². The van der Waals surface area contributed by atoms with Crippen molar-refractivity contribution in [1.29, 1.82) is 0 Å². The molecule has 0 unspecified atom stereocenters. The molecule has 7 nitrogen and oxygen atoms in total. The second-order valence-electron chi connectivity index (χ2n) is 6.81. The van der Waals surface area contributed by atoms with Crippen LogP contribution in [0, 0.1) is 0 Å². The Morgan fingerprint density at radius 1 is 0.935 bits per heavy atom. The Balaban J connectivity index is 1.39. The van der Waals surface area contributed by atoms with Crippen LogP contribution in [0.5, 0.6) is 0 Å². The first-order chi connectivity index (χ1) is 15.3. The zero-order valence-corrected chi connectivity index (χ0v) is 17.6. The number of rotatable bonds is 7. The number of nitrogens with zero attached hydrogens (tertiary/aromatic N) is 5. The van der Waals surface area contributed by atoms with Gasteiger partial charge in [-0.3, -0.25) is 4.57 Å². The summed E-state index contributed by atoms with van der Waals surface area (Å²) in [6.45, 7) is 2.13. The first-order valence-electron chi connectivity index (χ1n) is 9.91. The predicted molar refractivity (Wildman–Crippen MR) is 118 cm³/mol. The smallest absolute Gasteiger partial charge is 0.237 e. The van der Waals surface area contributed by atoms with Crippen LogP contribution in [0.3, 0.4) is 0 Å². The second-order valence-corrected chi connectivity index (χ2v) is 7.75. The third-order valence-electron chi connectivity index (χ3n) is 4.80. The molecule has 5 aromatic rings. The van der Waals surface area contributed by atoms with Gasteiger partial charge in [-0.25, -0.2) is 0 Å². The number of aryl methyl sites for hydroxylation is 1. The monoisotopic (exact) mass is 429 g/mol. The molecule has 8 heteroatoms. The Labute approximate surface area is 183 Å². The summed E-state index contributed by atoms with van der Waals surface area (Å²) >= 11 is 1.48. The molecule has 3 heterocycles. The molecule has 0 aliphatic carbocycles. The molecule has 0 saturated heterocycles. The molecule has 2 aromatic carbocycles. The summed E-state index contributed by atoms with van der Waals surface area (Å²) < 4.78 is 13.0. The molecule has 0 fully saturated rings. The quantitative estimate of drug-likeness (QED) is 0.319. The third-order valence-corrected chi connectivity index (χ3v) is 5.72. The molecule has 0 amide bonds. The van der Waals surface area contributed by atoms with Gasteiger partial charge in [-0.2, -0.15) is 4.98 Å². The molecule has 31 heavy (non-hydrogen) atoms. The summed E-state index contributed by atoms with van der Waals surface area (Å²) in [5.74, 6) is 2.88. The van der Waals surface area contributed by atoms with Gasteiger partial charge in [0.15, 0.2) is 10.9 Å². The van der Waals surface area contributed by atoms with Crippen LogP contribution in [0.2, 0.25) is 0 Å². The number of thioether (sulfide) groups is 1. The van der Waals surface area contributed by atoms with Crippen LogP contribution in [0.25, 0.3) is 28.7 Å². The minimum Gasteiger partial charge on any atom is -0.461 e. The van der Waals surface area contributed by atoms with Crippen LogP contribution in [0.1, 0.15) is 18.4 Å². The van der Waals surface area contributed by atoms with Gasteiger partial charge in [0.25, 0.3) is 0 Å². The van der Waals surface area contributed by atoms with E-state index < -0.39 is 0 Å². The largest absolute Gasteiger partial charge is 0.461 e. The molecular weight excluding hydrogens is 410 g/mol. The van der Waals surface area contributed by atoms with Gasteiger partial charge in [0, 0.05) is 11.3 Å². The lowest BCUT2D eigenvalue weighted by atomic mass is 10.1. The summed E-state index contributed by atoms with van der Waals surface area (Å²) in [6.07, 6.45) is 2.62. The molecule has 0 atom stereocenters. The van der Waals surface area contributed by atoms with Crippen molar-refractivity contribution in [2.45, 2.75) is 24.3 Å². The highest BCUT2D eigenvalue weighted by atomic mass is 32.2. The Hall–Kier alpha value is -3.65. The number of aromatic nitrogens is 5. The highest BCUT2D eigenvalue weighted by Crippen LogP contribution is 2.30. The second kappa shape index (κ2) is 8.61. The Kier molecular flexibility index (Phi) is 5.37. The molecule has 154 valence electrons. The van der Waals surface area contributed by atoms with Crippen molar-refractivity contribution in [3.05, 3.63) is 84.4 Å². The number of hydrogen-bond acceptors (Lipinski definition) is 7. The van der Waals surface area contributed by atoms with E-state index in [0.29, 0.717) is 34.2 Å². The van der Waals surface area contributed by atoms with E-state index in [2.05, 4.69) is 39.4 Å². The van der Waals surface area contributed by atoms with Gasteiger partial charge in [0.2, 0.25) is 17.5 Å². The number of benzene rings is 2. The van der Waals surface area contributed by atoms with Crippen LogP contribution >= 0.6 is 11.8 Å². The minimum absolute atomic E-state index is 0.475. The molecule has 0 N–H and O–H groups in total. The molecular formula is C23H19N5O2S. The van der Waals surface area contributed by atoms with Gasteiger partial charge < -0.3 is 8.94 Å². The highest BCUT2D eigenvalue weighted by Gasteiger charge is 2.19. The van der Waals surface area contributed by atoms with Gasteiger partial charge in [0.1, 0.15) is 0 Å². The lowest BCUT2D eigenvalue weighted by Crippen LogP contribution is -1.99. The standard InChI is InChI=1S/C23H19N5O2S/c1-2-16-10-12-17(13-11-16)21-24-20(30-27-21)15-31-23-26-25-22(19-9-6-14-29-19)28(23)18-7-4-3-5-8-18/h3-14H,2,15H2,1H3. The Morgan fingerprint density at radius 2 is 1.77 bits per heavy atom. The highest BCUT2D eigenvalue weighted by molar-refractivity contribution is 7.98. The number of para-hydroxylation sites is 1. The van der Waals surface area contributed by atoms with Crippen molar-refractivity contribution in [2.75, 3.05) is 0 Å². The van der Waals surface area contributed by atoms with Crippen LogP contribution in [0.15, 0.2) is 87.1 Å². The van der Waals surface area contributed by atoms with E-state index in [-0.39, 0.29) is 0 Å². The summed E-state index contributed by atoms with van der Waals surface area (Å²) in [5, 5.41) is 13.6. The van der Waals surface area contributed by atoms with E-state index in [4.69, 9.17) is 8.94 Å². The van der Waals surface area contributed by atoms with E-state index in [0.717, 1.165) is 17.7 Å². The molecule has 3 aromatic heterocycles. The fourth-order valence-corrected chi connectivity index (χ4v) is 3.97. The molecule has 0 aliphatic rings. The van der Waals surface area contributed by atoms with E-state index in [9.17, 15) is 0 Å². The lowest BCUT2D eigenvalue weighted by Gasteiger charge is -2.08. The van der Waals surface area contributed by atoms with Crippen molar-refractivity contribution in [2.24, 2.45) is 0 Å². The zero-order valence-electron chi connectivity index (χ0n) is 16.8. The first-order valence-corrected chi connectivity index (χ1v) is 10.9. The predicted octanol–water partition coefficient (Wildman–Crippen LogP) is 5.43. The number of hydrogen-bond donors (Lipinski definition) is 0. The van der Waals surface area contributed by atoms with E-state index in [1.807, 2.05) is 59.2 Å². The molecule has 0 aliphatic heterocycles. The van der Waals surface area contributed by atoms with Crippen molar-refractivity contribution >= 4 is 11.8 Å². The maximum absolute atomic E-state index is 5.55. The van der Waals surface area contributed by atoms with Crippen LogP contribution in [0.4, 0.5) is 0 Å². The van der Waals surface area contributed by atoms with Crippen LogP contribution < -0.4 is 0 Å². The van der Waals surface area contributed by atoms with Crippen molar-refractivity contribution in [3.8, 4) is 28.7 Å². The molecule has 5 rings (SSSR count). The van der Waals surface area contributed by atoms with E-state index in [1.165, 1.54) is 17.3 Å². The molecule has 0 radical (unpaired) electrons. The summed E-state index contributed by atoms with van der Waals surface area (Å²) in [5.41, 5.74) is 3.16. The van der Waals surface area contributed by atoms with Crippen LogP contribution in [-0.4, -0.2) is 24.9 Å². The van der Waals surface area contributed by atoms with Crippen LogP contribution in [-0.2, 0) is 12.2 Å². The summed E-state index contributed by atoms with van der Waals surface area (Å²) in [6, 6.07) is 21.8. The maximum atomic E-state index is 5.55. The van der Waals surface area contributed by atoms with E-state index in [1.54, 1.807) is 6.26 Å². The molecule has 0 saturated carbocycles. The molecule has 0 bridgehead atoms. The fourth-order valence-electron chi connectivity index (χ4n) is 3.19. The lowest BCUT2D eigenvalue weighted by molar-refractivity contribution is 0.391. The van der Waals surface area contributed by atoms with Gasteiger partial charge in [-0.05, 0) is 36.2 Å². The maximum Gasteiger partial charge on any atom is 0.237 e. The summed E-state index contributed by atoms with van der Waals surface area (Å²) in [7, 11) is 0. The van der Waals surface area contributed by atoms with E-state index >= 15 is 0 Å². The number of furan rings is 1. The van der Waals surface area contributed by atoms with Crippen molar-refractivity contribution in [3.63, 3.8) is 0 Å². The summed E-state index contributed by atoms with van der Waals surface area (Å²) in [4.78, 5) is 4.54. The minimum atomic E-state index is 0.475. The first kappa shape index (κ1) is 19.3. The Morgan fingerprint density at radius 3 is 2.52 bits per heavy atom. The zero-order chi connectivity index (χ0) is 21.0. The topological polar surface area (TPSA) is 82.8 Å². The third kappa shape index (κ3) is 4.02. The van der Waals surface area contributed by atoms with Gasteiger partial charge in [-0.1, -0.05) is 66.3 Å². The van der Waals surface area contributed by atoms with Crippen molar-refractivity contribution < 1.29 is 8.94 Å². The van der Waals surface area contributed by atoms with Gasteiger partial charge in [-0.15, -0.1) is 10.2 Å².